The fraction of sp³-hybridized carbons (Fsp3) is 0.667. The molecule has 0 spiro atoms. The van der Waals surface area contributed by atoms with Crippen LogP contribution in [0.15, 0.2) is 12.1 Å². The molecule has 0 N–H and O–H groups in total. The predicted molar refractivity (Wildman–Crippen MR) is 110 cm³/mol. The van der Waals surface area contributed by atoms with Crippen molar-refractivity contribution in [3.63, 3.8) is 0 Å². The first-order valence-corrected chi connectivity index (χ1v) is 10.5. The van der Waals surface area contributed by atoms with Crippen LogP contribution in [-0.2, 0) is 26.2 Å². The van der Waals surface area contributed by atoms with Crippen LogP contribution in [0.4, 0.5) is 0 Å². The first-order valence-electron chi connectivity index (χ1n) is 10.5. The molecule has 2 aliphatic rings. The van der Waals surface area contributed by atoms with Crippen LogP contribution in [0.2, 0.25) is 0 Å². The highest BCUT2D eigenvalue weighted by molar-refractivity contribution is 5.70. The molecule has 0 radical (unpaired) electrons. The second kappa shape index (κ2) is 7.20. The minimum atomic E-state index is -0.279. The second-order valence-corrected chi connectivity index (χ2v) is 9.76. The van der Waals surface area contributed by atoms with E-state index in [0.717, 1.165) is 31.2 Å². The Labute approximate surface area is 169 Å². The average Bonchev–Trinajstić information content (AvgIpc) is 2.56. The van der Waals surface area contributed by atoms with Gasteiger partial charge in [0.2, 0.25) is 0 Å². The molecule has 0 aromatic heterocycles. The van der Waals surface area contributed by atoms with Crippen LogP contribution >= 0.6 is 0 Å². The molecular formula is C24H34O4. The minimum Gasteiger partial charge on any atom is -0.462 e. The van der Waals surface area contributed by atoms with E-state index in [1.165, 1.54) is 25.0 Å². The van der Waals surface area contributed by atoms with Gasteiger partial charge >= 0.3 is 11.9 Å². The molecule has 3 atom stereocenters. The van der Waals surface area contributed by atoms with Gasteiger partial charge in [0.05, 0.1) is 0 Å². The Bertz CT molecular complexity index is 792. The van der Waals surface area contributed by atoms with Crippen molar-refractivity contribution >= 4 is 11.9 Å². The molecule has 1 aromatic carbocycles. The zero-order valence-electron chi connectivity index (χ0n) is 18.3. The van der Waals surface area contributed by atoms with Gasteiger partial charge in [-0.15, -0.1) is 0 Å². The Balaban J connectivity index is 2.07. The molecule has 2 aliphatic carbocycles. The Morgan fingerprint density at radius 3 is 2.32 bits per heavy atom. The van der Waals surface area contributed by atoms with Gasteiger partial charge in [0.1, 0.15) is 11.9 Å². The molecule has 0 bridgehead atoms. The summed E-state index contributed by atoms with van der Waals surface area (Å²) < 4.78 is 11.3. The maximum absolute atomic E-state index is 11.7. The molecule has 0 unspecified atom stereocenters. The van der Waals surface area contributed by atoms with Gasteiger partial charge < -0.3 is 9.47 Å². The van der Waals surface area contributed by atoms with E-state index in [2.05, 4.69) is 46.8 Å². The van der Waals surface area contributed by atoms with Crippen LogP contribution in [0.25, 0.3) is 0 Å². The summed E-state index contributed by atoms with van der Waals surface area (Å²) in [5, 5.41) is 0. The zero-order chi connectivity index (χ0) is 20.9. The molecule has 0 saturated heterocycles. The summed E-state index contributed by atoms with van der Waals surface area (Å²) in [4.78, 5) is 23.3. The summed E-state index contributed by atoms with van der Waals surface area (Å²) >= 11 is 0. The number of aryl methyl sites for hydroxylation is 1. The van der Waals surface area contributed by atoms with E-state index in [1.807, 2.05) is 0 Å². The van der Waals surface area contributed by atoms with E-state index in [4.69, 9.17) is 9.47 Å². The molecule has 1 fully saturated rings. The summed E-state index contributed by atoms with van der Waals surface area (Å²) in [5.41, 5.74) is 3.66. The summed E-state index contributed by atoms with van der Waals surface area (Å²) in [6.45, 7) is 14.0. The lowest BCUT2D eigenvalue weighted by Gasteiger charge is -2.56. The number of ether oxygens (including phenoxy) is 2. The Morgan fingerprint density at radius 1 is 1.07 bits per heavy atom. The van der Waals surface area contributed by atoms with Crippen LogP contribution in [0.5, 0.6) is 5.75 Å². The quantitative estimate of drug-likeness (QED) is 0.522. The number of carbonyl (C=O) groups is 2. The third-order valence-electron chi connectivity index (χ3n) is 7.16. The molecule has 0 amide bonds. The maximum Gasteiger partial charge on any atom is 0.308 e. The van der Waals surface area contributed by atoms with Gasteiger partial charge in [0.15, 0.2) is 0 Å². The SMILES string of the molecule is CC(=O)Oc1cc2c(cc1C(C)C)CC[C@H]1C(C)(C)[C@@H](OC(C)=O)CC[C@]21C. The lowest BCUT2D eigenvalue weighted by molar-refractivity contribution is -0.163. The van der Waals surface area contributed by atoms with E-state index >= 15 is 0 Å². The summed E-state index contributed by atoms with van der Waals surface area (Å²) in [6.07, 6.45) is 3.86. The smallest absolute Gasteiger partial charge is 0.308 e. The molecule has 4 nitrogen and oxygen atoms in total. The van der Waals surface area contributed by atoms with Crippen LogP contribution < -0.4 is 4.74 Å². The topological polar surface area (TPSA) is 52.6 Å². The Kier molecular flexibility index (Phi) is 5.37. The number of benzene rings is 1. The third kappa shape index (κ3) is 3.46. The lowest BCUT2D eigenvalue weighted by Crippen LogP contribution is -2.54. The van der Waals surface area contributed by atoms with Gasteiger partial charge in [0, 0.05) is 19.3 Å². The molecule has 28 heavy (non-hydrogen) atoms. The fourth-order valence-corrected chi connectivity index (χ4v) is 5.82. The van der Waals surface area contributed by atoms with Gasteiger partial charge in [-0.25, -0.2) is 0 Å². The minimum absolute atomic E-state index is 0.0157. The summed E-state index contributed by atoms with van der Waals surface area (Å²) in [6, 6.07) is 4.38. The van der Waals surface area contributed by atoms with E-state index in [0.29, 0.717) is 17.6 Å². The standard InChI is InChI=1S/C24H34O4/c1-14(2)18-12-17-8-9-21-23(5,6)22(28-16(4)26)10-11-24(21,7)19(17)13-20(18)27-15(3)25/h12-14,21-22H,8-11H2,1-7H3/t21-,22-,24+/m0/s1. The number of esters is 2. The number of carbonyl (C=O) groups excluding carboxylic acids is 2. The van der Waals surface area contributed by atoms with Crippen molar-refractivity contribution in [1.82, 2.24) is 0 Å². The average molecular weight is 387 g/mol. The third-order valence-corrected chi connectivity index (χ3v) is 7.16. The first kappa shape index (κ1) is 20.9. The van der Waals surface area contributed by atoms with Crippen molar-refractivity contribution in [1.29, 1.82) is 0 Å². The van der Waals surface area contributed by atoms with Gasteiger partial charge in [0.25, 0.3) is 0 Å². The largest absolute Gasteiger partial charge is 0.462 e. The highest BCUT2D eigenvalue weighted by atomic mass is 16.5. The zero-order valence-corrected chi connectivity index (χ0v) is 18.3. The number of rotatable bonds is 3. The number of hydrogen-bond acceptors (Lipinski definition) is 4. The summed E-state index contributed by atoms with van der Waals surface area (Å²) in [7, 11) is 0. The van der Waals surface area contributed by atoms with Crippen molar-refractivity contribution in [2.75, 3.05) is 0 Å². The van der Waals surface area contributed by atoms with E-state index < -0.39 is 0 Å². The Hall–Kier alpha value is -1.84. The highest BCUT2D eigenvalue weighted by Crippen LogP contribution is 2.58. The van der Waals surface area contributed by atoms with E-state index in [9.17, 15) is 9.59 Å². The maximum atomic E-state index is 11.7. The molecule has 1 aromatic rings. The highest BCUT2D eigenvalue weighted by Gasteiger charge is 2.55. The summed E-state index contributed by atoms with van der Waals surface area (Å²) in [5.74, 6) is 0.917. The fourth-order valence-electron chi connectivity index (χ4n) is 5.82. The Morgan fingerprint density at radius 2 is 1.75 bits per heavy atom. The van der Waals surface area contributed by atoms with E-state index in [1.54, 1.807) is 0 Å². The predicted octanol–water partition coefficient (Wildman–Crippen LogP) is 5.31. The van der Waals surface area contributed by atoms with Gasteiger partial charge in [-0.05, 0) is 65.7 Å². The van der Waals surface area contributed by atoms with E-state index in [-0.39, 0.29) is 28.9 Å². The van der Waals surface area contributed by atoms with Crippen molar-refractivity contribution in [2.24, 2.45) is 11.3 Å². The monoisotopic (exact) mass is 386 g/mol. The van der Waals surface area contributed by atoms with Crippen LogP contribution in [0.1, 0.15) is 90.3 Å². The molecule has 0 heterocycles. The molecule has 4 heteroatoms. The van der Waals surface area contributed by atoms with Crippen LogP contribution in [0.3, 0.4) is 0 Å². The molecule has 1 saturated carbocycles. The van der Waals surface area contributed by atoms with Crippen molar-refractivity contribution in [3.8, 4) is 5.75 Å². The second-order valence-electron chi connectivity index (χ2n) is 9.76. The normalized spacial score (nSPS) is 28.3. The van der Waals surface area contributed by atoms with Crippen molar-refractivity contribution in [2.45, 2.75) is 91.6 Å². The molecular weight excluding hydrogens is 352 g/mol. The first-order chi connectivity index (χ1) is 13.0. The van der Waals surface area contributed by atoms with Gasteiger partial charge in [-0.3, -0.25) is 9.59 Å². The lowest BCUT2D eigenvalue weighted by atomic mass is 9.49. The van der Waals surface area contributed by atoms with Gasteiger partial charge in [-0.2, -0.15) is 0 Å². The van der Waals surface area contributed by atoms with Gasteiger partial charge in [-0.1, -0.05) is 40.7 Å². The van der Waals surface area contributed by atoms with Crippen LogP contribution in [-0.4, -0.2) is 18.0 Å². The number of fused-ring (bicyclic) bond motifs is 3. The molecule has 0 aliphatic heterocycles. The van der Waals surface area contributed by atoms with Crippen molar-refractivity contribution in [3.05, 3.63) is 28.8 Å². The molecule has 154 valence electrons. The van der Waals surface area contributed by atoms with Crippen LogP contribution in [0, 0.1) is 11.3 Å². The molecule has 3 rings (SSSR count). The van der Waals surface area contributed by atoms with Crippen molar-refractivity contribution < 1.29 is 19.1 Å². The number of hydrogen-bond donors (Lipinski definition) is 0.